The summed E-state index contributed by atoms with van der Waals surface area (Å²) < 4.78 is 11.4. The third kappa shape index (κ3) is 5.87. The maximum atomic E-state index is 13.0. The second-order valence-corrected chi connectivity index (χ2v) is 8.69. The zero-order valence-electron chi connectivity index (χ0n) is 19.8. The highest BCUT2D eigenvalue weighted by atomic mass is 32.1. The first-order valence-corrected chi connectivity index (χ1v) is 12.2. The van der Waals surface area contributed by atoms with Gasteiger partial charge in [-0.2, -0.15) is 0 Å². The van der Waals surface area contributed by atoms with Crippen LogP contribution < -0.4 is 20.3 Å². The van der Waals surface area contributed by atoms with Gasteiger partial charge >= 0.3 is 0 Å². The fourth-order valence-corrected chi connectivity index (χ4v) is 4.28. The Bertz CT molecular complexity index is 1180. The van der Waals surface area contributed by atoms with Crippen LogP contribution >= 0.6 is 12.2 Å². The van der Waals surface area contributed by atoms with Crippen molar-refractivity contribution >= 4 is 28.2 Å². The largest absolute Gasteiger partial charge is 0.486 e. The first-order chi connectivity index (χ1) is 16.6. The van der Waals surface area contributed by atoms with Crippen molar-refractivity contribution in [1.29, 1.82) is 0 Å². The summed E-state index contributed by atoms with van der Waals surface area (Å²) in [7, 11) is 0. The number of ether oxygens (including phenoxy) is 2. The number of rotatable bonds is 9. The molecule has 34 heavy (non-hydrogen) atoms. The molecule has 0 radical (unpaired) electrons. The van der Waals surface area contributed by atoms with Crippen molar-refractivity contribution < 1.29 is 9.47 Å². The molecule has 0 amide bonds. The smallest absolute Gasteiger partial charge is 0.253 e. The van der Waals surface area contributed by atoms with Crippen LogP contribution in [-0.2, 0) is 13.1 Å². The summed E-state index contributed by atoms with van der Waals surface area (Å²) in [5, 5.41) is 4.91. The highest BCUT2D eigenvalue weighted by molar-refractivity contribution is 7.80. The van der Waals surface area contributed by atoms with Crippen molar-refractivity contribution in [1.82, 2.24) is 20.1 Å². The van der Waals surface area contributed by atoms with E-state index in [0.717, 1.165) is 42.6 Å². The minimum atomic E-state index is -0.122. The van der Waals surface area contributed by atoms with Crippen LogP contribution in [0.3, 0.4) is 0 Å². The number of likely N-dealkylation sites (N-methyl/N-ethyl adjacent to an activating group) is 1. The van der Waals surface area contributed by atoms with Gasteiger partial charge in [0, 0.05) is 36.7 Å². The lowest BCUT2D eigenvalue weighted by molar-refractivity contribution is 0.172. The number of aromatic nitrogens is 1. The van der Waals surface area contributed by atoms with Crippen LogP contribution in [0.25, 0.3) is 10.9 Å². The van der Waals surface area contributed by atoms with Crippen molar-refractivity contribution in [3.8, 4) is 11.5 Å². The molecule has 0 atom stereocenters. The molecule has 0 saturated carbocycles. The Morgan fingerprint density at radius 1 is 1.03 bits per heavy atom. The van der Waals surface area contributed by atoms with Crippen molar-refractivity contribution in [2.45, 2.75) is 26.9 Å². The summed E-state index contributed by atoms with van der Waals surface area (Å²) in [5.74, 6) is 1.37. The van der Waals surface area contributed by atoms with Gasteiger partial charge in [0.2, 0.25) is 0 Å². The third-order valence-electron chi connectivity index (χ3n) is 6.10. The molecule has 1 aliphatic heterocycles. The Labute approximate surface area is 205 Å². The fraction of sp³-hybridized carbons (Fsp3) is 0.385. The molecule has 0 unspecified atom stereocenters. The molecule has 2 N–H and O–H groups in total. The van der Waals surface area contributed by atoms with E-state index < -0.39 is 0 Å². The predicted octanol–water partition coefficient (Wildman–Crippen LogP) is 3.52. The highest BCUT2D eigenvalue weighted by Gasteiger charge is 2.17. The number of aromatic amines is 1. The maximum Gasteiger partial charge on any atom is 0.253 e. The fourth-order valence-electron chi connectivity index (χ4n) is 4.05. The van der Waals surface area contributed by atoms with E-state index in [0.29, 0.717) is 48.5 Å². The molecule has 7 nitrogen and oxygen atoms in total. The number of H-pyrrole nitrogens is 1. The van der Waals surface area contributed by atoms with Crippen LogP contribution in [0.5, 0.6) is 11.5 Å². The molecule has 2 aromatic carbocycles. The predicted molar refractivity (Wildman–Crippen MR) is 140 cm³/mol. The molecular formula is C26H32N4O3S. The van der Waals surface area contributed by atoms with Crippen molar-refractivity contribution in [3.05, 3.63) is 70.0 Å². The van der Waals surface area contributed by atoms with Gasteiger partial charge in [-0.3, -0.25) is 4.79 Å². The quantitative estimate of drug-likeness (QED) is 0.454. The third-order valence-corrected chi connectivity index (χ3v) is 6.50. The van der Waals surface area contributed by atoms with E-state index in [1.807, 2.05) is 36.4 Å². The van der Waals surface area contributed by atoms with Gasteiger partial charge in [0.15, 0.2) is 16.6 Å². The Balaban J connectivity index is 1.55. The molecule has 4 rings (SSSR count). The van der Waals surface area contributed by atoms with Gasteiger partial charge in [0.05, 0.1) is 12.1 Å². The van der Waals surface area contributed by atoms with Crippen LogP contribution in [0.2, 0.25) is 0 Å². The first-order valence-electron chi connectivity index (χ1n) is 11.8. The van der Waals surface area contributed by atoms with Gasteiger partial charge < -0.3 is 29.6 Å². The molecule has 1 aliphatic rings. The number of hydrogen-bond acceptors (Lipinski definition) is 5. The lowest BCUT2D eigenvalue weighted by Gasteiger charge is -2.29. The van der Waals surface area contributed by atoms with Crippen LogP contribution in [0.1, 0.15) is 25.0 Å². The maximum absolute atomic E-state index is 13.0. The summed E-state index contributed by atoms with van der Waals surface area (Å²) in [6, 6.07) is 15.8. The van der Waals surface area contributed by atoms with E-state index >= 15 is 0 Å². The Morgan fingerprint density at radius 3 is 2.44 bits per heavy atom. The Hall–Kier alpha value is -3.10. The first kappa shape index (κ1) is 24.0. The number of pyridine rings is 1. The number of nitrogens with zero attached hydrogens (tertiary/aromatic N) is 2. The van der Waals surface area contributed by atoms with E-state index in [4.69, 9.17) is 21.7 Å². The molecule has 0 fully saturated rings. The molecule has 180 valence electrons. The van der Waals surface area contributed by atoms with Crippen molar-refractivity contribution in [2.24, 2.45) is 0 Å². The van der Waals surface area contributed by atoms with Gasteiger partial charge in [0.25, 0.3) is 5.56 Å². The van der Waals surface area contributed by atoms with Crippen LogP contribution in [-0.4, -0.2) is 59.3 Å². The van der Waals surface area contributed by atoms with Gasteiger partial charge in [-0.15, -0.1) is 0 Å². The van der Waals surface area contributed by atoms with Crippen LogP contribution in [0.4, 0.5) is 0 Å². The SMILES string of the molecule is CCN(CC)CCN(Cc1cc2cc3c(cc2[nH]c1=O)OCCO3)C(=S)NCc1ccccc1. The number of nitrogens with one attached hydrogen (secondary N) is 2. The van der Waals surface area contributed by atoms with Gasteiger partial charge in [0.1, 0.15) is 13.2 Å². The van der Waals surface area contributed by atoms with E-state index in [9.17, 15) is 4.79 Å². The Morgan fingerprint density at radius 2 is 1.74 bits per heavy atom. The molecular weight excluding hydrogens is 448 g/mol. The molecule has 1 aromatic heterocycles. The lowest BCUT2D eigenvalue weighted by atomic mass is 10.1. The highest BCUT2D eigenvalue weighted by Crippen LogP contribution is 2.33. The van der Waals surface area contributed by atoms with E-state index in [1.165, 1.54) is 0 Å². The molecule has 0 spiro atoms. The monoisotopic (exact) mass is 480 g/mol. The zero-order chi connectivity index (χ0) is 23.9. The summed E-state index contributed by atoms with van der Waals surface area (Å²) >= 11 is 5.76. The lowest BCUT2D eigenvalue weighted by Crippen LogP contribution is -2.44. The van der Waals surface area contributed by atoms with Gasteiger partial charge in [-0.1, -0.05) is 44.2 Å². The molecule has 0 aliphatic carbocycles. The van der Waals surface area contributed by atoms with Gasteiger partial charge in [-0.25, -0.2) is 0 Å². The average Bonchev–Trinajstić information content (AvgIpc) is 2.87. The second-order valence-electron chi connectivity index (χ2n) is 8.30. The van der Waals surface area contributed by atoms with Crippen molar-refractivity contribution in [2.75, 3.05) is 39.4 Å². The van der Waals surface area contributed by atoms with E-state index in [1.54, 1.807) is 0 Å². The number of hydrogen-bond donors (Lipinski definition) is 2. The second kappa shape index (κ2) is 11.4. The number of fused-ring (bicyclic) bond motifs is 2. The summed E-state index contributed by atoms with van der Waals surface area (Å²) in [6.45, 7) is 9.92. The minimum Gasteiger partial charge on any atom is -0.486 e. The van der Waals surface area contributed by atoms with E-state index in [-0.39, 0.29) is 5.56 Å². The standard InChI is InChI=1S/C26H32N4O3S/c1-3-29(4-2)10-11-30(26(34)27-17-19-8-6-5-7-9-19)18-21-14-20-15-23-24(33-13-12-32-23)16-22(20)28-25(21)31/h5-9,14-16H,3-4,10-13,17-18H2,1-2H3,(H,27,34)(H,28,31). The zero-order valence-corrected chi connectivity index (χ0v) is 20.6. The van der Waals surface area contributed by atoms with Gasteiger partial charge in [-0.05, 0) is 43.0 Å². The molecule has 2 heterocycles. The summed E-state index contributed by atoms with van der Waals surface area (Å²) in [5.41, 5.74) is 2.43. The molecule has 0 saturated heterocycles. The molecule has 8 heteroatoms. The Kier molecular flexibility index (Phi) is 8.03. The van der Waals surface area contributed by atoms with Crippen molar-refractivity contribution in [3.63, 3.8) is 0 Å². The average molecular weight is 481 g/mol. The summed E-state index contributed by atoms with van der Waals surface area (Å²) in [6.07, 6.45) is 0. The van der Waals surface area contributed by atoms with Crippen LogP contribution in [0, 0.1) is 0 Å². The van der Waals surface area contributed by atoms with Crippen LogP contribution in [0.15, 0.2) is 53.3 Å². The topological polar surface area (TPSA) is 69.8 Å². The van der Waals surface area contributed by atoms with E-state index in [2.05, 4.69) is 46.1 Å². The minimum absolute atomic E-state index is 0.122. The molecule has 3 aromatic rings. The summed E-state index contributed by atoms with van der Waals surface area (Å²) in [4.78, 5) is 20.4. The molecule has 0 bridgehead atoms. The number of benzene rings is 2. The normalized spacial score (nSPS) is 12.7. The number of thiocarbonyl (C=S) groups is 1.